The minimum Gasteiger partial charge on any atom is -0.379 e. The van der Waals surface area contributed by atoms with E-state index in [0.717, 1.165) is 12.8 Å². The van der Waals surface area contributed by atoms with Gasteiger partial charge in [-0.15, -0.1) is 0 Å². The molecule has 0 unspecified atom stereocenters. The van der Waals surface area contributed by atoms with Crippen molar-refractivity contribution in [2.24, 2.45) is 0 Å². The summed E-state index contributed by atoms with van der Waals surface area (Å²) >= 11 is 0. The average Bonchev–Trinajstić information content (AvgIpc) is 2.44. The Morgan fingerprint density at radius 1 is 1.40 bits per heavy atom. The molecule has 0 aliphatic rings. The Morgan fingerprint density at radius 3 is 2.65 bits per heavy atom. The maximum atomic E-state index is 12.4. The minimum absolute atomic E-state index is 0.0680. The topological polar surface area (TPSA) is 75.5 Å². The van der Waals surface area contributed by atoms with Crippen molar-refractivity contribution in [1.82, 2.24) is 4.90 Å². The van der Waals surface area contributed by atoms with Crippen molar-refractivity contribution in [1.29, 1.82) is 0 Å². The van der Waals surface area contributed by atoms with E-state index in [9.17, 15) is 14.9 Å². The van der Waals surface area contributed by atoms with E-state index in [1.807, 2.05) is 6.92 Å². The zero-order valence-electron chi connectivity index (χ0n) is 12.2. The summed E-state index contributed by atoms with van der Waals surface area (Å²) in [6.07, 6.45) is 1.90. The van der Waals surface area contributed by atoms with Gasteiger partial charge in [-0.1, -0.05) is 19.4 Å². The summed E-state index contributed by atoms with van der Waals surface area (Å²) in [6, 6.07) is 4.57. The Morgan fingerprint density at radius 2 is 2.10 bits per heavy atom. The van der Waals surface area contributed by atoms with Crippen LogP contribution in [-0.2, 0) is 0 Å². The number of nitrogens with one attached hydrogen (secondary N) is 1. The Hall–Kier alpha value is -2.11. The summed E-state index contributed by atoms with van der Waals surface area (Å²) in [6.45, 7) is 5.05. The summed E-state index contributed by atoms with van der Waals surface area (Å²) in [5.74, 6) is -0.196. The molecule has 1 rings (SSSR count). The molecule has 0 spiro atoms. The highest BCUT2D eigenvalue weighted by Gasteiger charge is 2.22. The van der Waals surface area contributed by atoms with E-state index >= 15 is 0 Å². The van der Waals surface area contributed by atoms with Crippen molar-refractivity contribution in [3.63, 3.8) is 0 Å². The molecular weight excluding hydrogens is 258 g/mol. The molecule has 0 bridgehead atoms. The lowest BCUT2D eigenvalue weighted by Crippen LogP contribution is -2.28. The molecule has 6 nitrogen and oxygen atoms in total. The van der Waals surface area contributed by atoms with Crippen molar-refractivity contribution in [2.75, 3.05) is 25.5 Å². The highest BCUT2D eigenvalue weighted by molar-refractivity contribution is 6.01. The number of amides is 1. The van der Waals surface area contributed by atoms with Gasteiger partial charge in [-0.25, -0.2) is 0 Å². The molecule has 0 heterocycles. The predicted octanol–water partition coefficient (Wildman–Crippen LogP) is 2.90. The quantitative estimate of drug-likeness (QED) is 0.615. The summed E-state index contributed by atoms with van der Waals surface area (Å²) in [4.78, 5) is 24.6. The van der Waals surface area contributed by atoms with E-state index in [1.165, 1.54) is 6.07 Å². The second-order valence-electron chi connectivity index (χ2n) is 4.57. The predicted molar refractivity (Wildman–Crippen MR) is 79.1 cm³/mol. The van der Waals surface area contributed by atoms with Gasteiger partial charge in [0.1, 0.15) is 5.69 Å². The molecule has 1 aromatic rings. The molecule has 0 saturated heterocycles. The SMILES string of the molecule is CCCCN(C)C(=O)c1cccc([N+](=O)[O-])c1NCC. The first-order chi connectivity index (χ1) is 9.52. The van der Waals surface area contributed by atoms with Gasteiger partial charge in [-0.2, -0.15) is 0 Å². The fraction of sp³-hybridized carbons (Fsp3) is 0.500. The van der Waals surface area contributed by atoms with E-state index < -0.39 is 4.92 Å². The minimum atomic E-state index is -0.471. The number of nitro groups is 1. The standard InChI is InChI=1S/C14H21N3O3/c1-4-6-10-16(3)14(18)11-8-7-9-12(17(19)20)13(11)15-5-2/h7-9,15H,4-6,10H2,1-3H3. The zero-order valence-corrected chi connectivity index (χ0v) is 12.2. The Balaban J connectivity index is 3.13. The molecule has 0 fully saturated rings. The van der Waals surface area contributed by atoms with Gasteiger partial charge in [0.15, 0.2) is 0 Å². The molecule has 0 radical (unpaired) electrons. The van der Waals surface area contributed by atoms with Gasteiger partial charge in [0.05, 0.1) is 10.5 Å². The molecule has 0 aliphatic heterocycles. The molecule has 110 valence electrons. The van der Waals surface area contributed by atoms with Crippen molar-refractivity contribution in [3.8, 4) is 0 Å². The molecule has 1 N–H and O–H groups in total. The number of carbonyl (C=O) groups is 1. The van der Waals surface area contributed by atoms with Gasteiger partial charge >= 0.3 is 0 Å². The van der Waals surface area contributed by atoms with Gasteiger partial charge in [-0.05, 0) is 19.4 Å². The summed E-state index contributed by atoms with van der Waals surface area (Å²) < 4.78 is 0. The number of unbranched alkanes of at least 4 members (excludes halogenated alkanes) is 1. The summed E-state index contributed by atoms with van der Waals surface area (Å²) in [5, 5.41) is 14.0. The number of hydrogen-bond donors (Lipinski definition) is 1. The third-order valence-electron chi connectivity index (χ3n) is 3.02. The first kappa shape index (κ1) is 15.9. The largest absolute Gasteiger partial charge is 0.379 e. The van der Waals surface area contributed by atoms with Crippen molar-refractivity contribution >= 4 is 17.3 Å². The lowest BCUT2D eigenvalue weighted by molar-refractivity contribution is -0.384. The molecule has 6 heteroatoms. The zero-order chi connectivity index (χ0) is 15.1. The van der Waals surface area contributed by atoms with Gasteiger partial charge in [0, 0.05) is 26.2 Å². The first-order valence-electron chi connectivity index (χ1n) is 6.79. The van der Waals surface area contributed by atoms with Crippen LogP contribution in [0.4, 0.5) is 11.4 Å². The van der Waals surface area contributed by atoms with Crippen molar-refractivity contribution < 1.29 is 9.72 Å². The third-order valence-corrected chi connectivity index (χ3v) is 3.02. The van der Waals surface area contributed by atoms with Gasteiger partial charge in [-0.3, -0.25) is 14.9 Å². The molecule has 20 heavy (non-hydrogen) atoms. The highest BCUT2D eigenvalue weighted by Crippen LogP contribution is 2.29. The Bertz CT molecular complexity index is 489. The third kappa shape index (κ3) is 3.69. The average molecular weight is 279 g/mol. The van der Waals surface area contributed by atoms with Crippen LogP contribution in [0, 0.1) is 10.1 Å². The summed E-state index contributed by atoms with van der Waals surface area (Å²) in [5.41, 5.74) is 0.578. The number of carbonyl (C=O) groups excluding carboxylic acids is 1. The highest BCUT2D eigenvalue weighted by atomic mass is 16.6. The number of benzene rings is 1. The van der Waals surface area contributed by atoms with Crippen LogP contribution in [0.2, 0.25) is 0 Å². The van der Waals surface area contributed by atoms with E-state index in [0.29, 0.717) is 24.3 Å². The molecular formula is C14H21N3O3. The number of rotatable bonds is 7. The van der Waals surface area contributed by atoms with Gasteiger partial charge in [0.2, 0.25) is 0 Å². The fourth-order valence-electron chi connectivity index (χ4n) is 1.94. The number of hydrogen-bond acceptors (Lipinski definition) is 4. The molecule has 0 aromatic heterocycles. The van der Waals surface area contributed by atoms with Crippen LogP contribution in [-0.4, -0.2) is 35.9 Å². The van der Waals surface area contributed by atoms with Crippen LogP contribution in [0.3, 0.4) is 0 Å². The van der Waals surface area contributed by atoms with Crippen LogP contribution in [0.15, 0.2) is 18.2 Å². The first-order valence-corrected chi connectivity index (χ1v) is 6.79. The second kappa shape index (κ2) is 7.47. The van der Waals surface area contributed by atoms with E-state index in [-0.39, 0.29) is 11.6 Å². The lowest BCUT2D eigenvalue weighted by Gasteiger charge is -2.19. The van der Waals surface area contributed by atoms with Crippen LogP contribution < -0.4 is 5.32 Å². The monoisotopic (exact) mass is 279 g/mol. The smallest absolute Gasteiger partial charge is 0.293 e. The summed E-state index contributed by atoms with van der Waals surface area (Å²) in [7, 11) is 1.71. The molecule has 1 amide bonds. The van der Waals surface area contributed by atoms with Gasteiger partial charge < -0.3 is 10.2 Å². The second-order valence-corrected chi connectivity index (χ2v) is 4.57. The number of anilines is 1. The maximum Gasteiger partial charge on any atom is 0.293 e. The fourth-order valence-corrected chi connectivity index (χ4v) is 1.94. The number of nitro benzene ring substituents is 1. The lowest BCUT2D eigenvalue weighted by atomic mass is 10.1. The Kier molecular flexibility index (Phi) is 5.96. The molecule has 1 aromatic carbocycles. The Labute approximate surface area is 118 Å². The van der Waals surface area contributed by atoms with Crippen molar-refractivity contribution in [2.45, 2.75) is 26.7 Å². The normalized spacial score (nSPS) is 10.2. The number of nitrogens with zero attached hydrogens (tertiary/aromatic N) is 2. The van der Waals surface area contributed by atoms with E-state index in [1.54, 1.807) is 24.1 Å². The molecule has 0 atom stereocenters. The molecule has 0 aliphatic carbocycles. The van der Waals surface area contributed by atoms with Gasteiger partial charge in [0.25, 0.3) is 11.6 Å². The maximum absolute atomic E-state index is 12.4. The van der Waals surface area contributed by atoms with Crippen LogP contribution in [0.1, 0.15) is 37.0 Å². The van der Waals surface area contributed by atoms with E-state index in [2.05, 4.69) is 12.2 Å². The number of para-hydroxylation sites is 1. The molecule has 0 saturated carbocycles. The van der Waals surface area contributed by atoms with Crippen LogP contribution in [0.5, 0.6) is 0 Å². The van der Waals surface area contributed by atoms with E-state index in [4.69, 9.17) is 0 Å². The van der Waals surface area contributed by atoms with Crippen molar-refractivity contribution in [3.05, 3.63) is 33.9 Å². The van der Waals surface area contributed by atoms with Crippen LogP contribution in [0.25, 0.3) is 0 Å². The van der Waals surface area contributed by atoms with Crippen LogP contribution >= 0.6 is 0 Å².